The summed E-state index contributed by atoms with van der Waals surface area (Å²) in [7, 11) is 0. The monoisotopic (exact) mass is 426 g/mol. The number of carbonyl (C=O) groups is 2. The van der Waals surface area contributed by atoms with E-state index in [1.54, 1.807) is 0 Å². The molecule has 13 heteroatoms. The lowest BCUT2D eigenvalue weighted by Gasteiger charge is -2.45. The molecule has 0 aliphatic carbocycles. The van der Waals surface area contributed by atoms with Crippen LogP contribution in [-0.2, 0) is 33.3 Å². The van der Waals surface area contributed by atoms with Crippen molar-refractivity contribution in [1.82, 2.24) is 0 Å². The van der Waals surface area contributed by atoms with Crippen LogP contribution in [0.5, 0.6) is 0 Å². The fraction of sp³-hybridized carbons (Fsp3) is 0.875. The molecule has 2 fully saturated rings. The molecule has 0 aromatic carbocycles. The summed E-state index contributed by atoms with van der Waals surface area (Å²) in [5.74, 6) is -1.36. The van der Waals surface area contributed by atoms with E-state index in [2.05, 4.69) is 0 Å². The Morgan fingerprint density at radius 2 is 1.28 bits per heavy atom. The Hall–Kier alpha value is -1.42. The average Bonchev–Trinajstić information content (AvgIpc) is 2.65. The minimum Gasteiger partial charge on any atom is -0.463 e. The molecule has 0 spiro atoms. The number of aliphatic hydroxyl groups is 6. The molecule has 10 atom stereocenters. The Morgan fingerprint density at radius 1 is 0.724 bits per heavy atom. The Balaban J connectivity index is 2.14. The van der Waals surface area contributed by atoms with E-state index in [0.717, 1.165) is 13.8 Å². The van der Waals surface area contributed by atoms with Crippen molar-refractivity contribution >= 4 is 11.9 Å². The van der Waals surface area contributed by atoms with E-state index in [-0.39, 0.29) is 0 Å². The first-order chi connectivity index (χ1) is 13.5. The summed E-state index contributed by atoms with van der Waals surface area (Å²) < 4.78 is 25.4. The molecule has 2 aliphatic heterocycles. The Bertz CT molecular complexity index is 571. The van der Waals surface area contributed by atoms with Crippen molar-refractivity contribution in [3.8, 4) is 0 Å². The molecule has 5 unspecified atom stereocenters. The summed E-state index contributed by atoms with van der Waals surface area (Å²) in [6.45, 7) is 1.32. The Labute approximate surface area is 165 Å². The number of esters is 2. The zero-order valence-corrected chi connectivity index (χ0v) is 15.7. The SMILES string of the molecule is CC(=O)OCC1O[C@@H](O[C@@H]2C(COC(C)=O)OC(O)[C@@H](O)C2O)[C@@H](O)C(O)[C@@H]1O. The zero-order valence-electron chi connectivity index (χ0n) is 15.7. The first-order valence-corrected chi connectivity index (χ1v) is 8.84. The molecule has 13 nitrogen and oxygen atoms in total. The summed E-state index contributed by atoms with van der Waals surface area (Å²) >= 11 is 0. The molecule has 2 heterocycles. The van der Waals surface area contributed by atoms with Crippen molar-refractivity contribution in [2.75, 3.05) is 13.2 Å². The quantitative estimate of drug-likeness (QED) is 0.223. The van der Waals surface area contributed by atoms with Crippen LogP contribution in [0.15, 0.2) is 0 Å². The van der Waals surface area contributed by atoms with Gasteiger partial charge in [0.15, 0.2) is 12.6 Å². The lowest BCUT2D eigenvalue weighted by molar-refractivity contribution is -0.355. The highest BCUT2D eigenvalue weighted by Crippen LogP contribution is 2.29. The number of rotatable bonds is 6. The predicted molar refractivity (Wildman–Crippen MR) is 87.7 cm³/mol. The minimum absolute atomic E-state index is 0.456. The normalized spacial score (nSPS) is 42.9. The lowest BCUT2D eigenvalue weighted by atomic mass is 9.97. The van der Waals surface area contributed by atoms with E-state index >= 15 is 0 Å². The highest BCUT2D eigenvalue weighted by atomic mass is 16.7. The van der Waals surface area contributed by atoms with Gasteiger partial charge in [-0.2, -0.15) is 0 Å². The highest BCUT2D eigenvalue weighted by Gasteiger charge is 2.50. The van der Waals surface area contributed by atoms with E-state index in [1.807, 2.05) is 0 Å². The average molecular weight is 426 g/mol. The van der Waals surface area contributed by atoms with Gasteiger partial charge in [0, 0.05) is 13.8 Å². The van der Waals surface area contributed by atoms with Crippen LogP contribution >= 0.6 is 0 Å². The minimum atomic E-state index is -1.80. The Morgan fingerprint density at radius 3 is 1.83 bits per heavy atom. The predicted octanol–water partition coefficient (Wildman–Crippen LogP) is -4.26. The van der Waals surface area contributed by atoms with Crippen LogP contribution in [0, 0.1) is 0 Å². The summed E-state index contributed by atoms with van der Waals surface area (Å²) in [6.07, 6.45) is -16.1. The highest BCUT2D eigenvalue weighted by molar-refractivity contribution is 5.66. The number of aliphatic hydroxyl groups excluding tert-OH is 6. The van der Waals surface area contributed by atoms with Gasteiger partial charge in [-0.05, 0) is 0 Å². The van der Waals surface area contributed by atoms with Crippen molar-refractivity contribution in [3.63, 3.8) is 0 Å². The maximum atomic E-state index is 11.1. The van der Waals surface area contributed by atoms with Gasteiger partial charge in [0.2, 0.25) is 0 Å². The van der Waals surface area contributed by atoms with E-state index in [4.69, 9.17) is 23.7 Å². The van der Waals surface area contributed by atoms with Gasteiger partial charge in [0.05, 0.1) is 0 Å². The second-order valence-corrected chi connectivity index (χ2v) is 6.77. The molecule has 2 rings (SSSR count). The third-order valence-electron chi connectivity index (χ3n) is 4.52. The second-order valence-electron chi connectivity index (χ2n) is 6.77. The summed E-state index contributed by atoms with van der Waals surface area (Å²) in [6, 6.07) is 0. The molecule has 2 aliphatic rings. The van der Waals surface area contributed by atoms with Crippen molar-refractivity contribution in [1.29, 1.82) is 0 Å². The van der Waals surface area contributed by atoms with Crippen molar-refractivity contribution in [3.05, 3.63) is 0 Å². The molecule has 168 valence electrons. The van der Waals surface area contributed by atoms with Crippen LogP contribution in [0.4, 0.5) is 0 Å². The van der Waals surface area contributed by atoms with Gasteiger partial charge in [-0.3, -0.25) is 9.59 Å². The lowest BCUT2D eigenvalue weighted by Crippen LogP contribution is -2.64. The molecule has 0 saturated carbocycles. The number of carbonyl (C=O) groups excluding carboxylic acids is 2. The molecule has 0 radical (unpaired) electrons. The first-order valence-electron chi connectivity index (χ1n) is 8.84. The molecule has 29 heavy (non-hydrogen) atoms. The van der Waals surface area contributed by atoms with Gasteiger partial charge in [-0.1, -0.05) is 0 Å². The Kier molecular flexibility index (Phi) is 8.28. The standard InChI is InChI=1S/C16H26O13/c1-5(17)25-3-7-9(19)10(20)13(23)16(28-7)29-14-8(4-26-6(2)18)27-15(24)12(22)11(14)21/h7-16,19-24H,3-4H2,1-2H3/t7?,8?,9-,10?,11?,12+,13+,14-,15?,16+/m1/s1. The van der Waals surface area contributed by atoms with Crippen LogP contribution in [0.25, 0.3) is 0 Å². The molecule has 6 N–H and O–H groups in total. The van der Waals surface area contributed by atoms with Crippen LogP contribution in [0.1, 0.15) is 13.8 Å². The summed E-state index contributed by atoms with van der Waals surface area (Å²) in [5, 5.41) is 59.9. The first kappa shape index (κ1) is 23.9. The van der Waals surface area contributed by atoms with Gasteiger partial charge in [-0.25, -0.2) is 0 Å². The van der Waals surface area contributed by atoms with Gasteiger partial charge in [0.1, 0.15) is 62.0 Å². The van der Waals surface area contributed by atoms with Crippen molar-refractivity contribution < 1.29 is 63.9 Å². The van der Waals surface area contributed by atoms with Gasteiger partial charge < -0.3 is 54.3 Å². The van der Waals surface area contributed by atoms with E-state index in [0.29, 0.717) is 0 Å². The van der Waals surface area contributed by atoms with Crippen LogP contribution < -0.4 is 0 Å². The summed E-state index contributed by atoms with van der Waals surface area (Å²) in [4.78, 5) is 22.0. The van der Waals surface area contributed by atoms with Crippen molar-refractivity contribution in [2.24, 2.45) is 0 Å². The molecular formula is C16H26O13. The fourth-order valence-electron chi connectivity index (χ4n) is 2.94. The van der Waals surface area contributed by atoms with Crippen LogP contribution in [0.3, 0.4) is 0 Å². The molecule has 0 bridgehead atoms. The molecular weight excluding hydrogens is 400 g/mol. The molecule has 0 aromatic rings. The van der Waals surface area contributed by atoms with E-state index < -0.39 is 86.6 Å². The molecule has 0 amide bonds. The fourth-order valence-corrected chi connectivity index (χ4v) is 2.94. The van der Waals surface area contributed by atoms with Gasteiger partial charge in [0.25, 0.3) is 0 Å². The maximum Gasteiger partial charge on any atom is 0.302 e. The van der Waals surface area contributed by atoms with Crippen LogP contribution in [-0.4, -0.2) is 117 Å². The smallest absolute Gasteiger partial charge is 0.302 e. The number of hydrogen-bond donors (Lipinski definition) is 6. The maximum absolute atomic E-state index is 11.1. The van der Waals surface area contributed by atoms with Gasteiger partial charge >= 0.3 is 11.9 Å². The largest absolute Gasteiger partial charge is 0.463 e. The van der Waals surface area contributed by atoms with E-state index in [1.165, 1.54) is 0 Å². The van der Waals surface area contributed by atoms with E-state index in [9.17, 15) is 40.2 Å². The third-order valence-corrected chi connectivity index (χ3v) is 4.52. The number of hydrogen-bond acceptors (Lipinski definition) is 13. The van der Waals surface area contributed by atoms with Crippen LogP contribution in [0.2, 0.25) is 0 Å². The topological polar surface area (TPSA) is 202 Å². The number of ether oxygens (including phenoxy) is 5. The summed E-state index contributed by atoms with van der Waals surface area (Å²) in [5.41, 5.74) is 0. The van der Waals surface area contributed by atoms with Crippen molar-refractivity contribution in [2.45, 2.75) is 75.3 Å². The third kappa shape index (κ3) is 5.81. The van der Waals surface area contributed by atoms with Gasteiger partial charge in [-0.15, -0.1) is 0 Å². The second kappa shape index (κ2) is 10.1. The molecule has 2 saturated heterocycles. The molecule has 0 aromatic heterocycles. The zero-order chi connectivity index (χ0) is 21.9.